The van der Waals surface area contributed by atoms with E-state index in [4.69, 9.17) is 5.11 Å². The predicted molar refractivity (Wildman–Crippen MR) is 80.4 cm³/mol. The van der Waals surface area contributed by atoms with E-state index in [1.807, 2.05) is 0 Å². The molecule has 1 aromatic rings. The molecule has 1 heterocycles. The Hall–Kier alpha value is -2.46. The van der Waals surface area contributed by atoms with Crippen LogP contribution in [-0.2, 0) is 9.59 Å². The molecule has 24 heavy (non-hydrogen) atoms. The minimum atomic E-state index is -1.33. The van der Waals surface area contributed by atoms with Crippen LogP contribution in [0.2, 0.25) is 0 Å². The maximum Gasteiger partial charge on any atom is 0.328 e. The van der Waals surface area contributed by atoms with Crippen LogP contribution in [0.1, 0.15) is 31.7 Å². The van der Waals surface area contributed by atoms with E-state index in [2.05, 4.69) is 10.3 Å². The normalized spacial score (nSPS) is 26.8. The second-order valence-corrected chi connectivity index (χ2v) is 5.71. The van der Waals surface area contributed by atoms with Crippen LogP contribution >= 0.6 is 0 Å². The Balaban J connectivity index is 2.04. The van der Waals surface area contributed by atoms with E-state index in [-0.39, 0.29) is 25.7 Å². The monoisotopic (exact) mass is 341 g/mol. The molecule has 0 unspecified atom stereocenters. The SMILES string of the molecule is O=C(O)CCC(=O)N[C@@H]1CC[C@@H](n2ccc(=O)[nH]c2=O)[C@@H](O)[C@@H]1O. The standard InChI is InChI=1S/C14H19N3O7/c18-9(3-4-11(20)21)15-7-1-2-8(13(23)12(7)22)17-6-5-10(19)16-14(17)24/h5-8,12-13,22-23H,1-4H2,(H,15,18)(H,20,21)(H,16,19,24)/t7-,8-,12-,13-/m1/s1. The number of rotatable bonds is 5. The molecule has 0 bridgehead atoms. The van der Waals surface area contributed by atoms with Crippen molar-refractivity contribution in [3.05, 3.63) is 33.1 Å². The first-order valence-electron chi connectivity index (χ1n) is 7.48. The van der Waals surface area contributed by atoms with Gasteiger partial charge in [-0.2, -0.15) is 0 Å². The van der Waals surface area contributed by atoms with E-state index < -0.39 is 47.4 Å². The van der Waals surface area contributed by atoms with E-state index in [0.29, 0.717) is 0 Å². The second kappa shape index (κ2) is 7.41. The van der Waals surface area contributed by atoms with Crippen molar-refractivity contribution < 1.29 is 24.9 Å². The summed E-state index contributed by atoms with van der Waals surface area (Å²) >= 11 is 0. The van der Waals surface area contributed by atoms with Crippen molar-refractivity contribution in [1.29, 1.82) is 0 Å². The number of amides is 1. The van der Waals surface area contributed by atoms with Crippen LogP contribution in [-0.4, -0.2) is 55.0 Å². The molecule has 1 fully saturated rings. The van der Waals surface area contributed by atoms with Gasteiger partial charge in [-0.25, -0.2) is 4.79 Å². The van der Waals surface area contributed by atoms with Crippen LogP contribution in [0.4, 0.5) is 0 Å². The molecule has 0 aromatic carbocycles. The van der Waals surface area contributed by atoms with Gasteiger partial charge < -0.3 is 20.6 Å². The summed E-state index contributed by atoms with van der Waals surface area (Å²) in [5.74, 6) is -1.64. The summed E-state index contributed by atoms with van der Waals surface area (Å²) in [5, 5.41) is 31.4. The number of aliphatic hydroxyl groups is 2. The number of hydrogen-bond donors (Lipinski definition) is 5. The molecule has 5 N–H and O–H groups in total. The lowest BCUT2D eigenvalue weighted by molar-refractivity contribution is -0.139. The van der Waals surface area contributed by atoms with E-state index >= 15 is 0 Å². The topological polar surface area (TPSA) is 162 Å². The number of nitrogens with zero attached hydrogens (tertiary/aromatic N) is 1. The molecular weight excluding hydrogens is 322 g/mol. The second-order valence-electron chi connectivity index (χ2n) is 5.71. The molecule has 1 aliphatic rings. The minimum absolute atomic E-state index is 0.225. The number of hydrogen-bond acceptors (Lipinski definition) is 6. The van der Waals surface area contributed by atoms with Gasteiger partial charge in [-0.3, -0.25) is 23.9 Å². The Morgan fingerprint density at radius 2 is 1.92 bits per heavy atom. The predicted octanol–water partition coefficient (Wildman–Crippen LogP) is -2.06. The third kappa shape index (κ3) is 4.09. The lowest BCUT2D eigenvalue weighted by Crippen LogP contribution is -2.55. The number of aliphatic carboxylic acids is 1. The van der Waals surface area contributed by atoms with Crippen molar-refractivity contribution in [3.8, 4) is 0 Å². The molecule has 10 nitrogen and oxygen atoms in total. The van der Waals surface area contributed by atoms with E-state index in [9.17, 15) is 29.4 Å². The average Bonchev–Trinajstić information content (AvgIpc) is 2.51. The zero-order valence-corrected chi connectivity index (χ0v) is 12.7. The van der Waals surface area contributed by atoms with Gasteiger partial charge in [-0.05, 0) is 12.8 Å². The zero-order chi connectivity index (χ0) is 17.9. The molecule has 0 radical (unpaired) electrons. The van der Waals surface area contributed by atoms with Crippen LogP contribution in [0.25, 0.3) is 0 Å². The van der Waals surface area contributed by atoms with Crippen LogP contribution in [0.5, 0.6) is 0 Å². The highest BCUT2D eigenvalue weighted by Crippen LogP contribution is 2.28. The first kappa shape index (κ1) is 17.9. The summed E-state index contributed by atoms with van der Waals surface area (Å²) in [5.41, 5.74) is -1.26. The maximum atomic E-state index is 11.8. The van der Waals surface area contributed by atoms with Crippen molar-refractivity contribution in [2.45, 2.75) is 50.0 Å². The molecule has 132 valence electrons. The molecule has 1 aliphatic carbocycles. The Morgan fingerprint density at radius 3 is 2.54 bits per heavy atom. The van der Waals surface area contributed by atoms with Gasteiger partial charge in [0.05, 0.1) is 18.5 Å². The van der Waals surface area contributed by atoms with Crippen molar-refractivity contribution in [3.63, 3.8) is 0 Å². The Morgan fingerprint density at radius 1 is 1.21 bits per heavy atom. The lowest BCUT2D eigenvalue weighted by Gasteiger charge is -2.38. The van der Waals surface area contributed by atoms with Crippen LogP contribution < -0.4 is 16.6 Å². The molecule has 0 saturated heterocycles. The summed E-state index contributed by atoms with van der Waals surface area (Å²) in [4.78, 5) is 47.0. The molecule has 1 aromatic heterocycles. The van der Waals surface area contributed by atoms with Crippen molar-refractivity contribution in [1.82, 2.24) is 14.9 Å². The largest absolute Gasteiger partial charge is 0.481 e. The highest BCUT2D eigenvalue weighted by molar-refractivity contribution is 5.80. The minimum Gasteiger partial charge on any atom is -0.481 e. The highest BCUT2D eigenvalue weighted by atomic mass is 16.4. The summed E-state index contributed by atoms with van der Waals surface area (Å²) in [7, 11) is 0. The summed E-state index contributed by atoms with van der Waals surface area (Å²) in [6.45, 7) is 0. The first-order chi connectivity index (χ1) is 11.3. The number of nitrogens with one attached hydrogen (secondary N) is 2. The molecule has 0 aliphatic heterocycles. The van der Waals surface area contributed by atoms with Gasteiger partial charge in [-0.15, -0.1) is 0 Å². The van der Waals surface area contributed by atoms with Gasteiger partial charge in [0.15, 0.2) is 0 Å². The van der Waals surface area contributed by atoms with Crippen LogP contribution in [0.15, 0.2) is 21.9 Å². The summed E-state index contributed by atoms with van der Waals surface area (Å²) in [6, 6.07) is -0.340. The number of aliphatic hydroxyl groups excluding tert-OH is 2. The fourth-order valence-corrected chi connectivity index (χ4v) is 2.81. The quantitative estimate of drug-likeness (QED) is 0.411. The van der Waals surface area contributed by atoms with E-state index in [0.717, 1.165) is 10.6 Å². The Kier molecular flexibility index (Phi) is 5.52. The average molecular weight is 341 g/mol. The first-order valence-corrected chi connectivity index (χ1v) is 7.48. The number of carbonyl (C=O) groups excluding carboxylic acids is 1. The van der Waals surface area contributed by atoms with Crippen LogP contribution in [0.3, 0.4) is 0 Å². The smallest absolute Gasteiger partial charge is 0.328 e. The summed E-state index contributed by atoms with van der Waals surface area (Å²) < 4.78 is 1.14. The van der Waals surface area contributed by atoms with Gasteiger partial charge >= 0.3 is 11.7 Å². The van der Waals surface area contributed by atoms with E-state index in [1.165, 1.54) is 6.20 Å². The molecule has 4 atom stereocenters. The molecule has 2 rings (SSSR count). The van der Waals surface area contributed by atoms with Crippen molar-refractivity contribution in [2.75, 3.05) is 0 Å². The van der Waals surface area contributed by atoms with Crippen LogP contribution in [0, 0.1) is 0 Å². The van der Waals surface area contributed by atoms with Gasteiger partial charge in [0, 0.05) is 18.7 Å². The molecule has 10 heteroatoms. The fraction of sp³-hybridized carbons (Fsp3) is 0.571. The van der Waals surface area contributed by atoms with Gasteiger partial charge in [0.1, 0.15) is 12.2 Å². The third-order valence-corrected chi connectivity index (χ3v) is 4.05. The number of aromatic amines is 1. The third-order valence-electron chi connectivity index (χ3n) is 4.05. The fourth-order valence-electron chi connectivity index (χ4n) is 2.81. The van der Waals surface area contributed by atoms with E-state index in [1.54, 1.807) is 0 Å². The Bertz CT molecular complexity index is 726. The van der Waals surface area contributed by atoms with Gasteiger partial charge in [0.2, 0.25) is 5.91 Å². The molecule has 0 spiro atoms. The number of carboxylic acid groups (broad SMARTS) is 1. The number of carbonyl (C=O) groups is 2. The molecule has 1 amide bonds. The van der Waals surface area contributed by atoms with Crippen molar-refractivity contribution >= 4 is 11.9 Å². The number of carboxylic acids is 1. The molecular formula is C14H19N3O7. The molecule has 1 saturated carbocycles. The Labute approximate surface area is 135 Å². The lowest BCUT2D eigenvalue weighted by atomic mass is 9.85. The summed E-state index contributed by atoms with van der Waals surface area (Å²) in [6.07, 6.45) is -1.39. The number of aromatic nitrogens is 2. The van der Waals surface area contributed by atoms with Gasteiger partial charge in [0.25, 0.3) is 5.56 Å². The maximum absolute atomic E-state index is 11.8. The zero-order valence-electron chi connectivity index (χ0n) is 12.7. The van der Waals surface area contributed by atoms with Crippen molar-refractivity contribution in [2.24, 2.45) is 0 Å². The highest BCUT2D eigenvalue weighted by Gasteiger charge is 2.39. The number of H-pyrrole nitrogens is 1. The van der Waals surface area contributed by atoms with Gasteiger partial charge in [-0.1, -0.05) is 0 Å².